The van der Waals surface area contributed by atoms with Gasteiger partial charge in [0.2, 0.25) is 5.63 Å². The maximum absolute atomic E-state index is 12.8. The zero-order valence-electron chi connectivity index (χ0n) is 8.10. The van der Waals surface area contributed by atoms with Crippen molar-refractivity contribution in [2.24, 2.45) is 0 Å². The molecule has 0 amide bonds. The normalized spacial score (nSPS) is 13.3. The Balaban J connectivity index is 2.85. The van der Waals surface area contributed by atoms with Crippen LogP contribution in [0.3, 0.4) is 0 Å². The minimum atomic E-state index is -1.77. The van der Waals surface area contributed by atoms with Gasteiger partial charge in [0.25, 0.3) is 5.56 Å². The molecule has 0 fully saturated rings. The molecule has 0 bridgehead atoms. The number of aromatic amines is 1. The summed E-state index contributed by atoms with van der Waals surface area (Å²) in [5.74, 6) is -0.129. The van der Waals surface area contributed by atoms with Gasteiger partial charge in [-0.15, -0.1) is 11.3 Å². The van der Waals surface area contributed by atoms with E-state index >= 15 is 0 Å². The Labute approximate surface area is 93.9 Å². The van der Waals surface area contributed by atoms with Crippen LogP contribution in [0.2, 0.25) is 0 Å². The van der Waals surface area contributed by atoms with E-state index in [0.29, 0.717) is 10.2 Å². The van der Waals surface area contributed by atoms with Gasteiger partial charge in [0.1, 0.15) is 4.83 Å². The Morgan fingerprint density at radius 2 is 2.20 bits per heavy atom. The number of halogens is 2. The van der Waals surface area contributed by atoms with Crippen molar-refractivity contribution in [1.82, 2.24) is 9.97 Å². The summed E-state index contributed by atoms with van der Waals surface area (Å²) in [6, 6.07) is 0. The molecule has 2 heterocycles. The molecule has 0 aliphatic rings. The Hall–Kier alpha value is -0.940. The van der Waals surface area contributed by atoms with Gasteiger partial charge < -0.3 is 4.98 Å². The second-order valence-corrected chi connectivity index (χ2v) is 4.80. The minimum absolute atomic E-state index is 0.129. The third-order valence-electron chi connectivity index (χ3n) is 2.26. The molecular formula is C9H8ClFN2OS. The number of fused-ring (bicyclic) bond motifs is 1. The van der Waals surface area contributed by atoms with E-state index in [0.717, 1.165) is 10.4 Å². The van der Waals surface area contributed by atoms with E-state index in [2.05, 4.69) is 9.97 Å². The van der Waals surface area contributed by atoms with E-state index in [1.165, 1.54) is 11.3 Å². The number of rotatable bonds is 1. The number of H-pyrrole nitrogens is 1. The topological polar surface area (TPSA) is 45.8 Å². The van der Waals surface area contributed by atoms with Crippen LogP contribution in [-0.2, 0) is 0 Å². The lowest BCUT2D eigenvalue weighted by Crippen LogP contribution is -2.11. The van der Waals surface area contributed by atoms with Crippen molar-refractivity contribution >= 4 is 33.2 Å². The summed E-state index contributed by atoms with van der Waals surface area (Å²) < 4.78 is 12.8. The summed E-state index contributed by atoms with van der Waals surface area (Å²) in [4.78, 5) is 19.5. The second-order valence-electron chi connectivity index (χ2n) is 3.22. The molecule has 1 N–H and O–H groups in total. The summed E-state index contributed by atoms with van der Waals surface area (Å²) in [5, 5.41) is 0.526. The maximum Gasteiger partial charge on any atom is 0.260 e. The van der Waals surface area contributed by atoms with Crippen molar-refractivity contribution in [2.75, 3.05) is 0 Å². The molecule has 0 aromatic carbocycles. The lowest BCUT2D eigenvalue weighted by atomic mass is 10.2. The zero-order chi connectivity index (χ0) is 11.2. The molecule has 0 saturated heterocycles. The Morgan fingerprint density at radius 1 is 1.53 bits per heavy atom. The smallest absolute Gasteiger partial charge is 0.260 e. The van der Waals surface area contributed by atoms with Crippen LogP contribution in [0.4, 0.5) is 4.39 Å². The fraction of sp³-hybridized carbons (Fsp3) is 0.333. The van der Waals surface area contributed by atoms with Crippen molar-refractivity contribution in [1.29, 1.82) is 0 Å². The number of nitrogens with one attached hydrogen (secondary N) is 1. The fourth-order valence-electron chi connectivity index (χ4n) is 1.37. The van der Waals surface area contributed by atoms with Crippen molar-refractivity contribution in [3.8, 4) is 0 Å². The van der Waals surface area contributed by atoms with E-state index in [1.807, 2.05) is 13.8 Å². The molecule has 2 aromatic rings. The first kappa shape index (κ1) is 10.6. The van der Waals surface area contributed by atoms with E-state index in [9.17, 15) is 9.18 Å². The number of hydrogen-bond donors (Lipinski definition) is 1. The van der Waals surface area contributed by atoms with Crippen LogP contribution in [0.5, 0.6) is 0 Å². The van der Waals surface area contributed by atoms with E-state index in [4.69, 9.17) is 11.6 Å². The third-order valence-corrected chi connectivity index (χ3v) is 3.57. The number of thiophene rings is 1. The van der Waals surface area contributed by atoms with Crippen LogP contribution in [-0.4, -0.2) is 9.97 Å². The van der Waals surface area contributed by atoms with E-state index in [-0.39, 0.29) is 11.4 Å². The highest BCUT2D eigenvalue weighted by Crippen LogP contribution is 2.27. The van der Waals surface area contributed by atoms with Gasteiger partial charge in [-0.25, -0.2) is 9.37 Å². The number of hydrogen-bond acceptors (Lipinski definition) is 3. The van der Waals surface area contributed by atoms with Gasteiger partial charge in [0, 0.05) is 4.88 Å². The summed E-state index contributed by atoms with van der Waals surface area (Å²) in [7, 11) is 0. The molecule has 0 aliphatic heterocycles. The first-order valence-corrected chi connectivity index (χ1v) is 5.54. The standard InChI is InChI=1S/C9H8ClFN2OS/c1-3-4(2)15-9-5(3)8(14)12-7(13-9)6(10)11/h6H,1-2H3,(H,12,13,14). The minimum Gasteiger partial charge on any atom is -0.306 e. The van der Waals surface area contributed by atoms with Gasteiger partial charge in [-0.1, -0.05) is 11.6 Å². The van der Waals surface area contributed by atoms with Crippen LogP contribution in [0.15, 0.2) is 4.79 Å². The van der Waals surface area contributed by atoms with Crippen molar-refractivity contribution in [3.63, 3.8) is 0 Å². The van der Waals surface area contributed by atoms with Crippen LogP contribution in [0.1, 0.15) is 21.9 Å². The molecule has 1 atom stereocenters. The zero-order valence-corrected chi connectivity index (χ0v) is 9.67. The van der Waals surface area contributed by atoms with E-state index in [1.54, 1.807) is 0 Å². The molecule has 3 nitrogen and oxygen atoms in total. The summed E-state index contributed by atoms with van der Waals surface area (Å²) >= 11 is 6.60. The second kappa shape index (κ2) is 3.57. The average Bonchev–Trinajstić information content (AvgIpc) is 2.42. The molecule has 80 valence electrons. The predicted octanol–water partition coefficient (Wildman–Crippen LogP) is 2.81. The highest BCUT2D eigenvalue weighted by atomic mass is 35.5. The monoisotopic (exact) mass is 246 g/mol. The van der Waals surface area contributed by atoms with Crippen LogP contribution >= 0.6 is 22.9 Å². The van der Waals surface area contributed by atoms with Gasteiger partial charge >= 0.3 is 0 Å². The maximum atomic E-state index is 12.8. The van der Waals surface area contributed by atoms with E-state index < -0.39 is 5.63 Å². The van der Waals surface area contributed by atoms with Crippen LogP contribution in [0, 0.1) is 13.8 Å². The Kier molecular flexibility index (Phi) is 2.52. The fourth-order valence-corrected chi connectivity index (χ4v) is 2.52. The SMILES string of the molecule is Cc1sc2nc(C(F)Cl)[nH]c(=O)c2c1C. The Bertz CT molecular complexity index is 575. The lowest BCUT2D eigenvalue weighted by Gasteiger charge is -1.98. The van der Waals surface area contributed by atoms with Gasteiger partial charge in [-0.05, 0) is 19.4 Å². The first-order chi connectivity index (χ1) is 7.00. The number of aromatic nitrogens is 2. The van der Waals surface area contributed by atoms with Crippen molar-refractivity contribution in [3.05, 3.63) is 26.6 Å². The van der Waals surface area contributed by atoms with Crippen LogP contribution in [0.25, 0.3) is 10.2 Å². The van der Waals surface area contributed by atoms with Gasteiger partial charge in [-0.2, -0.15) is 0 Å². The number of alkyl halides is 2. The van der Waals surface area contributed by atoms with Crippen molar-refractivity contribution < 1.29 is 4.39 Å². The highest BCUT2D eigenvalue weighted by molar-refractivity contribution is 7.18. The van der Waals surface area contributed by atoms with Gasteiger partial charge in [0.05, 0.1) is 5.39 Å². The molecule has 0 saturated carbocycles. The van der Waals surface area contributed by atoms with Crippen molar-refractivity contribution in [2.45, 2.75) is 19.5 Å². The predicted molar refractivity (Wildman–Crippen MR) is 59.4 cm³/mol. The molecule has 6 heteroatoms. The summed E-state index contributed by atoms with van der Waals surface area (Å²) in [5.41, 5.74) is -1.22. The van der Waals surface area contributed by atoms with Crippen LogP contribution < -0.4 is 5.56 Å². The Morgan fingerprint density at radius 3 is 2.80 bits per heavy atom. The summed E-state index contributed by atoms with van der Waals surface area (Å²) in [6.07, 6.45) is 0. The lowest BCUT2D eigenvalue weighted by molar-refractivity contribution is 0.441. The number of nitrogens with zero attached hydrogens (tertiary/aromatic N) is 1. The largest absolute Gasteiger partial charge is 0.306 e. The van der Waals surface area contributed by atoms with Gasteiger partial charge in [-0.3, -0.25) is 4.79 Å². The third kappa shape index (κ3) is 1.66. The van der Waals surface area contributed by atoms with Gasteiger partial charge in [0.15, 0.2) is 5.82 Å². The molecule has 2 rings (SSSR count). The summed E-state index contributed by atoms with van der Waals surface area (Å²) in [6.45, 7) is 3.74. The molecule has 0 radical (unpaired) electrons. The molecule has 1 unspecified atom stereocenters. The molecule has 0 spiro atoms. The number of aryl methyl sites for hydroxylation is 2. The quantitative estimate of drug-likeness (QED) is 0.787. The molecule has 15 heavy (non-hydrogen) atoms. The molecule has 2 aromatic heterocycles. The highest BCUT2D eigenvalue weighted by Gasteiger charge is 2.15. The average molecular weight is 247 g/mol. The molecular weight excluding hydrogens is 239 g/mol. The first-order valence-electron chi connectivity index (χ1n) is 4.28. The molecule has 0 aliphatic carbocycles.